The van der Waals surface area contributed by atoms with Gasteiger partial charge >= 0.3 is 0 Å². The van der Waals surface area contributed by atoms with E-state index in [0.29, 0.717) is 24.3 Å². The number of nitrogens with zero attached hydrogens (tertiary/aromatic N) is 2. The first-order valence-corrected chi connectivity index (χ1v) is 6.53. The molecule has 2 rings (SSSR count). The first kappa shape index (κ1) is 15.0. The van der Waals surface area contributed by atoms with E-state index in [1.807, 2.05) is 12.1 Å². The molecule has 0 amide bonds. The van der Waals surface area contributed by atoms with Crippen molar-refractivity contribution in [2.75, 3.05) is 17.6 Å². The van der Waals surface area contributed by atoms with E-state index < -0.39 is 0 Å². The predicted octanol–water partition coefficient (Wildman–Crippen LogP) is 2.08. The highest BCUT2D eigenvalue weighted by Crippen LogP contribution is 2.26. The molecule has 0 saturated carbocycles. The fourth-order valence-electron chi connectivity index (χ4n) is 2.02. The number of rotatable bonds is 4. The first-order chi connectivity index (χ1) is 10.5. The zero-order valence-corrected chi connectivity index (χ0v) is 11.7. The van der Waals surface area contributed by atoms with Gasteiger partial charge in [-0.15, -0.1) is 0 Å². The van der Waals surface area contributed by atoms with Crippen LogP contribution in [-0.2, 0) is 6.42 Å². The number of hydrogen-bond acceptors (Lipinski definition) is 6. The number of nitrogen functional groups attached to an aromatic ring is 1. The third-order valence-corrected chi connectivity index (χ3v) is 3.20. The molecule has 0 bridgehead atoms. The standard InChI is InChI=1S/C16H14N4O2/c17-8-11-6-13(19)14(7-12(11)9-18)20-4-3-10-1-2-15(21)16(22)5-10/h1-2,5-7,20-22H,3-4,19H2. The molecule has 0 fully saturated rings. The van der Waals surface area contributed by atoms with Gasteiger partial charge < -0.3 is 21.3 Å². The number of benzene rings is 2. The van der Waals surface area contributed by atoms with E-state index in [2.05, 4.69) is 5.32 Å². The molecule has 0 aromatic heterocycles. The molecule has 22 heavy (non-hydrogen) atoms. The molecule has 0 aliphatic rings. The molecule has 6 heteroatoms. The average molecular weight is 294 g/mol. The lowest BCUT2D eigenvalue weighted by molar-refractivity contribution is 0.403. The molecule has 5 N–H and O–H groups in total. The van der Waals surface area contributed by atoms with Crippen LogP contribution in [-0.4, -0.2) is 16.8 Å². The number of aromatic hydroxyl groups is 2. The van der Waals surface area contributed by atoms with Gasteiger partial charge in [-0.25, -0.2) is 0 Å². The van der Waals surface area contributed by atoms with Crippen LogP contribution in [0.2, 0.25) is 0 Å². The van der Waals surface area contributed by atoms with Crippen molar-refractivity contribution in [2.24, 2.45) is 0 Å². The van der Waals surface area contributed by atoms with Gasteiger partial charge in [0.2, 0.25) is 0 Å². The van der Waals surface area contributed by atoms with Crippen LogP contribution in [0.3, 0.4) is 0 Å². The van der Waals surface area contributed by atoms with Crippen molar-refractivity contribution < 1.29 is 10.2 Å². The lowest BCUT2D eigenvalue weighted by atomic mass is 10.1. The summed E-state index contributed by atoms with van der Waals surface area (Å²) in [6.45, 7) is 0.519. The van der Waals surface area contributed by atoms with E-state index >= 15 is 0 Å². The second-order valence-electron chi connectivity index (χ2n) is 4.71. The van der Waals surface area contributed by atoms with Gasteiger partial charge in [0, 0.05) is 6.54 Å². The second kappa shape index (κ2) is 6.38. The largest absolute Gasteiger partial charge is 0.504 e. The van der Waals surface area contributed by atoms with Crippen LogP contribution in [0.4, 0.5) is 11.4 Å². The molecule has 0 unspecified atom stereocenters. The summed E-state index contributed by atoms with van der Waals surface area (Å²) in [4.78, 5) is 0. The molecule has 0 spiro atoms. The third kappa shape index (κ3) is 3.20. The highest BCUT2D eigenvalue weighted by molar-refractivity contribution is 5.72. The monoisotopic (exact) mass is 294 g/mol. The minimum Gasteiger partial charge on any atom is -0.504 e. The highest BCUT2D eigenvalue weighted by Gasteiger charge is 2.07. The van der Waals surface area contributed by atoms with E-state index in [4.69, 9.17) is 16.3 Å². The molecule has 0 aliphatic heterocycles. The van der Waals surface area contributed by atoms with Gasteiger partial charge in [-0.2, -0.15) is 10.5 Å². The van der Waals surface area contributed by atoms with Gasteiger partial charge in [-0.05, 0) is 36.2 Å². The summed E-state index contributed by atoms with van der Waals surface area (Å²) < 4.78 is 0. The Kier molecular flexibility index (Phi) is 4.36. The Balaban J connectivity index is 2.07. The van der Waals surface area contributed by atoms with E-state index in [1.54, 1.807) is 12.1 Å². The first-order valence-electron chi connectivity index (χ1n) is 6.53. The molecule has 0 radical (unpaired) electrons. The minimum atomic E-state index is -0.165. The van der Waals surface area contributed by atoms with E-state index in [0.717, 1.165) is 5.56 Å². The van der Waals surface area contributed by atoms with Gasteiger partial charge in [-0.1, -0.05) is 6.07 Å². The van der Waals surface area contributed by atoms with Crippen LogP contribution in [0.5, 0.6) is 11.5 Å². The molecule has 2 aromatic carbocycles. The van der Waals surface area contributed by atoms with Crippen molar-refractivity contribution in [3.05, 3.63) is 47.0 Å². The summed E-state index contributed by atoms with van der Waals surface area (Å²) in [6.07, 6.45) is 0.592. The topological polar surface area (TPSA) is 126 Å². The summed E-state index contributed by atoms with van der Waals surface area (Å²) in [5.41, 5.74) is 8.18. The summed E-state index contributed by atoms with van der Waals surface area (Å²) in [5.74, 6) is -0.325. The van der Waals surface area contributed by atoms with Gasteiger partial charge in [0.05, 0.1) is 22.5 Å². The second-order valence-corrected chi connectivity index (χ2v) is 4.71. The molecular formula is C16H14N4O2. The Hall–Kier alpha value is -3.38. The predicted molar refractivity (Wildman–Crippen MR) is 82.2 cm³/mol. The Morgan fingerprint density at radius 1 is 1.00 bits per heavy atom. The molecule has 0 aliphatic carbocycles. The summed E-state index contributed by atoms with van der Waals surface area (Å²) in [5, 5.41) is 39.7. The van der Waals surface area contributed by atoms with E-state index in [9.17, 15) is 10.2 Å². The average Bonchev–Trinajstić information content (AvgIpc) is 2.52. The van der Waals surface area contributed by atoms with E-state index in [1.165, 1.54) is 18.2 Å². The number of nitrogens with two attached hydrogens (primary N) is 1. The Morgan fingerprint density at radius 3 is 2.32 bits per heavy atom. The molecule has 0 heterocycles. The maximum Gasteiger partial charge on any atom is 0.157 e. The van der Waals surface area contributed by atoms with Crippen molar-refractivity contribution in [3.8, 4) is 23.6 Å². The Bertz CT molecular complexity index is 788. The lowest BCUT2D eigenvalue weighted by Gasteiger charge is -2.11. The zero-order chi connectivity index (χ0) is 16.1. The van der Waals surface area contributed by atoms with Crippen molar-refractivity contribution in [3.63, 3.8) is 0 Å². The van der Waals surface area contributed by atoms with Gasteiger partial charge in [0.1, 0.15) is 12.1 Å². The molecule has 6 nitrogen and oxygen atoms in total. The maximum atomic E-state index is 9.43. The summed E-state index contributed by atoms with van der Waals surface area (Å²) >= 11 is 0. The van der Waals surface area contributed by atoms with Gasteiger partial charge in [0.15, 0.2) is 11.5 Å². The SMILES string of the molecule is N#Cc1cc(N)c(NCCc2ccc(O)c(O)c2)cc1C#N. The number of hydrogen-bond donors (Lipinski definition) is 4. The molecule has 0 saturated heterocycles. The lowest BCUT2D eigenvalue weighted by Crippen LogP contribution is -2.07. The van der Waals surface area contributed by atoms with Crippen LogP contribution < -0.4 is 11.1 Å². The number of nitrogens with one attached hydrogen (secondary N) is 1. The normalized spacial score (nSPS) is 9.73. The van der Waals surface area contributed by atoms with Crippen LogP contribution in [0.25, 0.3) is 0 Å². The van der Waals surface area contributed by atoms with Crippen LogP contribution in [0, 0.1) is 22.7 Å². The quantitative estimate of drug-likeness (QED) is 0.505. The minimum absolute atomic E-state index is 0.160. The summed E-state index contributed by atoms with van der Waals surface area (Å²) in [7, 11) is 0. The van der Waals surface area contributed by atoms with Crippen LogP contribution >= 0.6 is 0 Å². The van der Waals surface area contributed by atoms with Gasteiger partial charge in [0.25, 0.3) is 0 Å². The smallest absolute Gasteiger partial charge is 0.157 e. The third-order valence-electron chi connectivity index (χ3n) is 3.20. The fourth-order valence-corrected chi connectivity index (χ4v) is 2.02. The summed E-state index contributed by atoms with van der Waals surface area (Å²) in [6, 6.07) is 11.5. The van der Waals surface area contributed by atoms with Crippen molar-refractivity contribution in [1.82, 2.24) is 0 Å². The van der Waals surface area contributed by atoms with Crippen molar-refractivity contribution in [2.45, 2.75) is 6.42 Å². The molecule has 0 atom stereocenters. The van der Waals surface area contributed by atoms with Gasteiger partial charge in [-0.3, -0.25) is 0 Å². The number of anilines is 2. The molecule has 2 aromatic rings. The number of phenols is 2. The van der Waals surface area contributed by atoms with Crippen molar-refractivity contribution >= 4 is 11.4 Å². The van der Waals surface area contributed by atoms with Crippen molar-refractivity contribution in [1.29, 1.82) is 10.5 Å². The molecule has 110 valence electrons. The Labute approximate surface area is 127 Å². The Morgan fingerprint density at radius 2 is 1.68 bits per heavy atom. The number of nitriles is 2. The van der Waals surface area contributed by atoms with E-state index in [-0.39, 0.29) is 22.6 Å². The highest BCUT2D eigenvalue weighted by atomic mass is 16.3. The zero-order valence-electron chi connectivity index (χ0n) is 11.7. The van der Waals surface area contributed by atoms with Crippen LogP contribution in [0.15, 0.2) is 30.3 Å². The maximum absolute atomic E-state index is 9.43. The molecular weight excluding hydrogens is 280 g/mol. The fraction of sp³-hybridized carbons (Fsp3) is 0.125. The number of phenolic OH excluding ortho intramolecular Hbond substituents is 2. The van der Waals surface area contributed by atoms with Crippen LogP contribution in [0.1, 0.15) is 16.7 Å².